The van der Waals surface area contributed by atoms with Crippen LogP contribution in [0.1, 0.15) is 24.8 Å². The molecular formula is C17H25NO4. The molecule has 122 valence electrons. The first-order valence-corrected chi connectivity index (χ1v) is 7.91. The van der Waals surface area contributed by atoms with Crippen molar-refractivity contribution in [3.8, 4) is 0 Å². The third-order valence-corrected chi connectivity index (χ3v) is 3.71. The minimum atomic E-state index is -0.513. The second-order valence-electron chi connectivity index (χ2n) is 5.54. The average molecular weight is 307 g/mol. The Morgan fingerprint density at radius 2 is 2.00 bits per heavy atom. The number of benzene rings is 1. The number of hydrogen-bond acceptors (Lipinski definition) is 4. The first-order valence-electron chi connectivity index (χ1n) is 7.91. The summed E-state index contributed by atoms with van der Waals surface area (Å²) in [6, 6.07) is 9.88. The lowest BCUT2D eigenvalue weighted by molar-refractivity contribution is -0.135. The second-order valence-corrected chi connectivity index (χ2v) is 5.54. The van der Waals surface area contributed by atoms with Crippen LogP contribution in [0.3, 0.4) is 0 Å². The van der Waals surface area contributed by atoms with Gasteiger partial charge in [0.15, 0.2) is 0 Å². The Bertz CT molecular complexity index is 432. The van der Waals surface area contributed by atoms with Crippen LogP contribution in [-0.4, -0.2) is 54.9 Å². The lowest BCUT2D eigenvalue weighted by Crippen LogP contribution is -2.40. The fourth-order valence-corrected chi connectivity index (χ4v) is 2.43. The number of ether oxygens (including phenoxy) is 2. The van der Waals surface area contributed by atoms with Crippen molar-refractivity contribution >= 4 is 5.91 Å². The SMILES string of the molecule is O=C(CCC[C@H](O)COCc1ccccc1)N1CCOCC1. The van der Waals surface area contributed by atoms with Gasteiger partial charge in [0.1, 0.15) is 0 Å². The van der Waals surface area contributed by atoms with Gasteiger partial charge >= 0.3 is 0 Å². The summed E-state index contributed by atoms with van der Waals surface area (Å²) < 4.78 is 10.7. The first kappa shape index (κ1) is 16.9. The Balaban J connectivity index is 1.53. The van der Waals surface area contributed by atoms with Crippen molar-refractivity contribution in [1.82, 2.24) is 4.90 Å². The molecule has 0 saturated carbocycles. The number of rotatable bonds is 8. The van der Waals surface area contributed by atoms with Gasteiger partial charge in [-0.2, -0.15) is 0 Å². The smallest absolute Gasteiger partial charge is 0.222 e. The zero-order valence-electron chi connectivity index (χ0n) is 12.9. The van der Waals surface area contributed by atoms with Gasteiger partial charge in [0, 0.05) is 19.5 Å². The van der Waals surface area contributed by atoms with Crippen LogP contribution < -0.4 is 0 Å². The van der Waals surface area contributed by atoms with Crippen LogP contribution in [0.5, 0.6) is 0 Å². The van der Waals surface area contributed by atoms with E-state index in [4.69, 9.17) is 9.47 Å². The molecule has 0 aromatic heterocycles. The monoisotopic (exact) mass is 307 g/mol. The summed E-state index contributed by atoms with van der Waals surface area (Å²) in [4.78, 5) is 13.8. The summed E-state index contributed by atoms with van der Waals surface area (Å²) >= 11 is 0. The van der Waals surface area contributed by atoms with Crippen molar-refractivity contribution in [1.29, 1.82) is 0 Å². The molecule has 1 heterocycles. The molecule has 0 bridgehead atoms. The number of carbonyl (C=O) groups excluding carboxylic acids is 1. The van der Waals surface area contributed by atoms with Crippen LogP contribution in [0, 0.1) is 0 Å². The summed E-state index contributed by atoms with van der Waals surface area (Å²) in [7, 11) is 0. The molecule has 0 aliphatic carbocycles. The van der Waals surface area contributed by atoms with Crippen molar-refractivity contribution in [3.05, 3.63) is 35.9 Å². The molecule has 2 rings (SSSR count). The van der Waals surface area contributed by atoms with Crippen LogP contribution in [0.15, 0.2) is 30.3 Å². The lowest BCUT2D eigenvalue weighted by atomic mass is 10.1. The van der Waals surface area contributed by atoms with Crippen molar-refractivity contribution in [2.75, 3.05) is 32.9 Å². The fraction of sp³-hybridized carbons (Fsp3) is 0.588. The van der Waals surface area contributed by atoms with Gasteiger partial charge < -0.3 is 19.5 Å². The molecule has 1 N–H and O–H groups in total. The Labute approximate surface area is 131 Å². The third-order valence-electron chi connectivity index (χ3n) is 3.71. The van der Waals surface area contributed by atoms with E-state index in [1.54, 1.807) is 0 Å². The molecule has 1 aliphatic heterocycles. The van der Waals surface area contributed by atoms with E-state index in [2.05, 4.69) is 0 Å². The Kier molecular flexibility index (Phi) is 7.36. The van der Waals surface area contributed by atoms with Gasteiger partial charge in [-0.25, -0.2) is 0 Å². The second kappa shape index (κ2) is 9.56. The number of nitrogens with zero attached hydrogens (tertiary/aromatic N) is 1. The minimum Gasteiger partial charge on any atom is -0.391 e. The quantitative estimate of drug-likeness (QED) is 0.792. The molecule has 1 fully saturated rings. The highest BCUT2D eigenvalue weighted by Gasteiger charge is 2.16. The van der Waals surface area contributed by atoms with Crippen LogP contribution in [0.4, 0.5) is 0 Å². The van der Waals surface area contributed by atoms with E-state index in [0.717, 1.165) is 5.56 Å². The Hall–Kier alpha value is -1.43. The summed E-state index contributed by atoms with van der Waals surface area (Å²) in [6.45, 7) is 3.43. The van der Waals surface area contributed by atoms with Gasteiger partial charge in [-0.05, 0) is 18.4 Å². The van der Waals surface area contributed by atoms with Gasteiger partial charge in [-0.15, -0.1) is 0 Å². The predicted octanol–water partition coefficient (Wildman–Crippen LogP) is 1.59. The maximum absolute atomic E-state index is 11.9. The highest BCUT2D eigenvalue weighted by Crippen LogP contribution is 2.08. The molecular weight excluding hydrogens is 282 g/mol. The predicted molar refractivity (Wildman–Crippen MR) is 83.4 cm³/mol. The molecule has 0 unspecified atom stereocenters. The highest BCUT2D eigenvalue weighted by molar-refractivity contribution is 5.76. The molecule has 1 aliphatic rings. The van der Waals surface area contributed by atoms with Crippen molar-refractivity contribution < 1.29 is 19.4 Å². The zero-order valence-corrected chi connectivity index (χ0v) is 12.9. The van der Waals surface area contributed by atoms with E-state index >= 15 is 0 Å². The summed E-state index contributed by atoms with van der Waals surface area (Å²) in [6.07, 6.45) is 1.24. The molecule has 5 nitrogen and oxygen atoms in total. The van der Waals surface area contributed by atoms with E-state index in [9.17, 15) is 9.90 Å². The summed E-state index contributed by atoms with van der Waals surface area (Å²) in [5, 5.41) is 9.88. The van der Waals surface area contributed by atoms with Crippen molar-refractivity contribution in [2.24, 2.45) is 0 Å². The minimum absolute atomic E-state index is 0.153. The third kappa shape index (κ3) is 6.13. The number of aliphatic hydroxyl groups excluding tert-OH is 1. The summed E-state index contributed by atoms with van der Waals surface area (Å²) in [5.41, 5.74) is 1.09. The van der Waals surface area contributed by atoms with Crippen molar-refractivity contribution in [2.45, 2.75) is 32.0 Å². The summed E-state index contributed by atoms with van der Waals surface area (Å²) in [5.74, 6) is 0.153. The van der Waals surface area contributed by atoms with Crippen LogP contribution in [0.2, 0.25) is 0 Å². The van der Waals surface area contributed by atoms with E-state index in [0.29, 0.717) is 58.8 Å². The highest BCUT2D eigenvalue weighted by atomic mass is 16.5. The van der Waals surface area contributed by atoms with Crippen LogP contribution in [-0.2, 0) is 20.9 Å². The standard InChI is InChI=1S/C17H25NO4/c19-16(14-22-13-15-5-2-1-3-6-15)7-4-8-17(20)18-9-11-21-12-10-18/h1-3,5-6,16,19H,4,7-14H2/t16-/m0/s1. The zero-order chi connectivity index (χ0) is 15.6. The molecule has 1 amide bonds. The first-order chi connectivity index (χ1) is 10.8. The normalized spacial score (nSPS) is 16.5. The molecule has 22 heavy (non-hydrogen) atoms. The molecule has 0 spiro atoms. The topological polar surface area (TPSA) is 59.0 Å². The molecule has 1 atom stereocenters. The van der Waals surface area contributed by atoms with Gasteiger partial charge in [-0.3, -0.25) is 4.79 Å². The lowest BCUT2D eigenvalue weighted by Gasteiger charge is -2.27. The van der Waals surface area contributed by atoms with Gasteiger partial charge in [0.25, 0.3) is 0 Å². The number of amides is 1. The Morgan fingerprint density at radius 3 is 2.73 bits per heavy atom. The van der Waals surface area contributed by atoms with Crippen molar-refractivity contribution in [3.63, 3.8) is 0 Å². The van der Waals surface area contributed by atoms with Crippen LogP contribution in [0.25, 0.3) is 0 Å². The van der Waals surface area contributed by atoms with Crippen LogP contribution >= 0.6 is 0 Å². The molecule has 1 aromatic carbocycles. The van der Waals surface area contributed by atoms with Gasteiger partial charge in [0.2, 0.25) is 5.91 Å². The fourth-order valence-electron chi connectivity index (χ4n) is 2.43. The van der Waals surface area contributed by atoms with E-state index in [-0.39, 0.29) is 5.91 Å². The van der Waals surface area contributed by atoms with E-state index < -0.39 is 6.10 Å². The van der Waals surface area contributed by atoms with E-state index in [1.165, 1.54) is 0 Å². The van der Waals surface area contributed by atoms with E-state index in [1.807, 2.05) is 35.2 Å². The molecule has 1 saturated heterocycles. The largest absolute Gasteiger partial charge is 0.391 e. The number of morpholine rings is 1. The number of aliphatic hydroxyl groups is 1. The maximum Gasteiger partial charge on any atom is 0.222 e. The maximum atomic E-state index is 11.9. The van der Waals surface area contributed by atoms with Gasteiger partial charge in [0.05, 0.1) is 32.5 Å². The molecule has 0 radical (unpaired) electrons. The average Bonchev–Trinajstić information content (AvgIpc) is 2.56. The van der Waals surface area contributed by atoms with Gasteiger partial charge in [-0.1, -0.05) is 30.3 Å². The molecule has 5 heteroatoms. The molecule has 1 aromatic rings. The number of hydrogen-bond donors (Lipinski definition) is 1. The number of carbonyl (C=O) groups is 1. The Morgan fingerprint density at radius 1 is 1.27 bits per heavy atom.